The molecule has 3 nitrogen and oxygen atoms in total. The van der Waals surface area contributed by atoms with Gasteiger partial charge in [0.15, 0.2) is 0 Å². The molecule has 1 heterocycles. The zero-order chi connectivity index (χ0) is 12.4. The van der Waals surface area contributed by atoms with E-state index in [2.05, 4.69) is 12.2 Å². The minimum atomic E-state index is -0.530. The normalized spacial score (nSPS) is 21.5. The molecule has 18 heavy (non-hydrogen) atoms. The van der Waals surface area contributed by atoms with Crippen LogP contribution in [0.15, 0.2) is 12.1 Å². The van der Waals surface area contributed by atoms with Crippen molar-refractivity contribution < 1.29 is 5.11 Å². The topological polar surface area (TPSA) is 58.3 Å². The van der Waals surface area contributed by atoms with E-state index < -0.39 is 6.23 Å². The fourth-order valence-electron chi connectivity index (χ4n) is 2.72. The van der Waals surface area contributed by atoms with Crippen molar-refractivity contribution in [3.63, 3.8) is 0 Å². The number of aliphatic hydroxyl groups is 1. The van der Waals surface area contributed by atoms with E-state index in [9.17, 15) is 5.11 Å². The third kappa shape index (κ3) is 2.97. The van der Waals surface area contributed by atoms with E-state index in [1.165, 1.54) is 24.8 Å². The van der Waals surface area contributed by atoms with Crippen LogP contribution >= 0.6 is 12.4 Å². The number of nitrogen functional groups attached to an aromatic ring is 1. The molecule has 0 aromatic heterocycles. The maximum atomic E-state index is 10.0. The fourth-order valence-corrected chi connectivity index (χ4v) is 2.72. The molecule has 0 radical (unpaired) electrons. The number of halogens is 1. The number of aliphatic hydroxyl groups excluding tert-OH is 1. The van der Waals surface area contributed by atoms with Crippen molar-refractivity contribution in [1.82, 2.24) is 5.32 Å². The molecule has 0 saturated heterocycles. The van der Waals surface area contributed by atoms with Gasteiger partial charge in [0.2, 0.25) is 0 Å². The van der Waals surface area contributed by atoms with Gasteiger partial charge in [0.05, 0.1) is 0 Å². The minimum absolute atomic E-state index is 0. The second-order valence-electron chi connectivity index (χ2n) is 4.96. The molecule has 2 rings (SSSR count). The van der Waals surface area contributed by atoms with E-state index in [1.807, 2.05) is 19.1 Å². The van der Waals surface area contributed by atoms with Crippen LogP contribution in [0.3, 0.4) is 0 Å². The van der Waals surface area contributed by atoms with Gasteiger partial charge in [-0.25, -0.2) is 0 Å². The van der Waals surface area contributed by atoms with Crippen LogP contribution in [0.1, 0.15) is 61.6 Å². The van der Waals surface area contributed by atoms with Gasteiger partial charge in [0.25, 0.3) is 0 Å². The zero-order valence-corrected chi connectivity index (χ0v) is 11.9. The minimum Gasteiger partial charge on any atom is -0.399 e. The molecule has 0 bridgehead atoms. The number of nitrogens with one attached hydrogen (secondary N) is 1. The quantitative estimate of drug-likeness (QED) is 0.582. The highest BCUT2D eigenvalue weighted by molar-refractivity contribution is 5.85. The second-order valence-corrected chi connectivity index (χ2v) is 4.96. The first-order valence-corrected chi connectivity index (χ1v) is 6.47. The Morgan fingerprint density at radius 2 is 2.06 bits per heavy atom. The number of hydrogen-bond acceptors (Lipinski definition) is 3. The summed E-state index contributed by atoms with van der Waals surface area (Å²) in [4.78, 5) is 0. The van der Waals surface area contributed by atoms with E-state index in [0.29, 0.717) is 0 Å². The molecule has 0 fully saturated rings. The van der Waals surface area contributed by atoms with Crippen LogP contribution in [0.4, 0.5) is 5.69 Å². The van der Waals surface area contributed by atoms with E-state index in [1.54, 1.807) is 0 Å². The number of fused-ring (bicyclic) bond motifs is 1. The highest BCUT2D eigenvalue weighted by Gasteiger charge is 2.29. The average molecular weight is 271 g/mol. The second kappa shape index (κ2) is 6.41. The molecule has 2 unspecified atom stereocenters. The predicted molar refractivity (Wildman–Crippen MR) is 77.8 cm³/mol. The van der Waals surface area contributed by atoms with Crippen LogP contribution in [0, 0.1) is 6.92 Å². The van der Waals surface area contributed by atoms with Crippen LogP contribution in [-0.4, -0.2) is 5.11 Å². The number of anilines is 1. The van der Waals surface area contributed by atoms with E-state index >= 15 is 0 Å². The van der Waals surface area contributed by atoms with Gasteiger partial charge in [0.1, 0.15) is 6.23 Å². The summed E-state index contributed by atoms with van der Waals surface area (Å²) in [6, 6.07) is 4.19. The van der Waals surface area contributed by atoms with Gasteiger partial charge in [-0.2, -0.15) is 0 Å². The molecule has 1 aromatic rings. The van der Waals surface area contributed by atoms with Gasteiger partial charge in [-0.15, -0.1) is 12.4 Å². The summed E-state index contributed by atoms with van der Waals surface area (Å²) in [6.45, 7) is 4.21. The summed E-state index contributed by atoms with van der Waals surface area (Å²) in [5, 5.41) is 13.3. The summed E-state index contributed by atoms with van der Waals surface area (Å²) in [5.41, 5.74) is 9.97. The van der Waals surface area contributed by atoms with Crippen LogP contribution in [0.5, 0.6) is 0 Å². The molecule has 0 saturated carbocycles. The molecule has 4 heteroatoms. The summed E-state index contributed by atoms with van der Waals surface area (Å²) in [6.07, 6.45) is 4.19. The van der Waals surface area contributed by atoms with E-state index in [-0.39, 0.29) is 18.4 Å². The van der Waals surface area contributed by atoms with Crippen LogP contribution in [0.2, 0.25) is 0 Å². The number of aryl methyl sites for hydroxylation is 1. The number of hydrogen-bond donors (Lipinski definition) is 3. The SMILES string of the molecule is CCCCCC1NC(O)c2c(C)cc(N)cc21.Cl. The zero-order valence-electron chi connectivity index (χ0n) is 11.1. The Hall–Kier alpha value is -0.770. The number of rotatable bonds is 4. The summed E-state index contributed by atoms with van der Waals surface area (Å²) < 4.78 is 0. The smallest absolute Gasteiger partial charge is 0.132 e. The third-order valence-corrected chi connectivity index (χ3v) is 3.55. The predicted octanol–water partition coefficient (Wildman–Crippen LogP) is 3.21. The van der Waals surface area contributed by atoms with Crippen molar-refractivity contribution in [3.8, 4) is 0 Å². The molecule has 1 aliphatic rings. The first-order chi connectivity index (χ1) is 8.13. The van der Waals surface area contributed by atoms with Gasteiger partial charge >= 0.3 is 0 Å². The van der Waals surface area contributed by atoms with Crippen molar-refractivity contribution in [1.29, 1.82) is 0 Å². The van der Waals surface area contributed by atoms with Gasteiger partial charge < -0.3 is 10.8 Å². The molecule has 1 aromatic carbocycles. The molecule has 2 atom stereocenters. The third-order valence-electron chi connectivity index (χ3n) is 3.55. The Morgan fingerprint density at radius 1 is 1.33 bits per heavy atom. The fraction of sp³-hybridized carbons (Fsp3) is 0.571. The number of benzene rings is 1. The average Bonchev–Trinajstić information content (AvgIpc) is 2.56. The number of unbranched alkanes of at least 4 members (excludes halogenated alkanes) is 2. The Bertz CT molecular complexity index is 409. The highest BCUT2D eigenvalue weighted by Crippen LogP contribution is 2.37. The summed E-state index contributed by atoms with van der Waals surface area (Å²) in [7, 11) is 0. The molecule has 4 N–H and O–H groups in total. The lowest BCUT2D eigenvalue weighted by molar-refractivity contribution is 0.139. The van der Waals surface area contributed by atoms with E-state index in [0.717, 1.165) is 23.2 Å². The molecular weight excluding hydrogens is 248 g/mol. The Balaban J connectivity index is 0.00000162. The molecule has 0 aliphatic carbocycles. The van der Waals surface area contributed by atoms with Crippen molar-refractivity contribution in [2.45, 2.75) is 51.8 Å². The number of nitrogens with two attached hydrogens (primary N) is 1. The summed E-state index contributed by atoms with van der Waals surface area (Å²) in [5.74, 6) is 0. The first kappa shape index (κ1) is 15.3. The van der Waals surface area contributed by atoms with Crippen molar-refractivity contribution >= 4 is 18.1 Å². The van der Waals surface area contributed by atoms with Gasteiger partial charge in [-0.1, -0.05) is 26.2 Å². The molecule has 1 aliphatic heterocycles. The van der Waals surface area contributed by atoms with Gasteiger partial charge in [-0.3, -0.25) is 5.32 Å². The molecular formula is C14H23ClN2O. The van der Waals surface area contributed by atoms with Crippen molar-refractivity contribution in [3.05, 3.63) is 28.8 Å². The van der Waals surface area contributed by atoms with Gasteiger partial charge in [-0.05, 0) is 36.6 Å². The molecule has 102 valence electrons. The lowest BCUT2D eigenvalue weighted by Gasteiger charge is -2.12. The lowest BCUT2D eigenvalue weighted by Crippen LogP contribution is -2.17. The van der Waals surface area contributed by atoms with E-state index in [4.69, 9.17) is 5.73 Å². The Labute approximate surface area is 115 Å². The lowest BCUT2D eigenvalue weighted by atomic mass is 9.96. The van der Waals surface area contributed by atoms with Crippen molar-refractivity contribution in [2.24, 2.45) is 0 Å². The molecule has 0 amide bonds. The maximum absolute atomic E-state index is 10.0. The van der Waals surface area contributed by atoms with Crippen LogP contribution in [0.25, 0.3) is 0 Å². The maximum Gasteiger partial charge on any atom is 0.132 e. The van der Waals surface area contributed by atoms with Crippen LogP contribution < -0.4 is 11.1 Å². The van der Waals surface area contributed by atoms with Crippen molar-refractivity contribution in [2.75, 3.05) is 5.73 Å². The Morgan fingerprint density at radius 3 is 2.72 bits per heavy atom. The Kier molecular flexibility index (Phi) is 5.45. The molecule has 0 spiro atoms. The standard InChI is InChI=1S/C14H22N2O.ClH/c1-3-4-5-6-12-11-8-10(15)7-9(2)13(11)14(17)16-12;/h7-8,12,14,16-17H,3-6,15H2,1-2H3;1H. The summed E-state index contributed by atoms with van der Waals surface area (Å²) >= 11 is 0. The van der Waals surface area contributed by atoms with Crippen LogP contribution in [-0.2, 0) is 0 Å². The largest absolute Gasteiger partial charge is 0.399 e. The monoisotopic (exact) mass is 270 g/mol. The van der Waals surface area contributed by atoms with Gasteiger partial charge in [0, 0.05) is 17.3 Å². The first-order valence-electron chi connectivity index (χ1n) is 6.47. The highest BCUT2D eigenvalue weighted by atomic mass is 35.5.